The third kappa shape index (κ3) is 1.08. The molecule has 0 heterocycles. The maximum atomic E-state index is 8.76. The van der Waals surface area contributed by atoms with Gasteiger partial charge in [0.05, 0.1) is 0 Å². The molecule has 0 aromatic carbocycles. The van der Waals surface area contributed by atoms with Gasteiger partial charge in [-0.25, -0.2) is 0 Å². The van der Waals surface area contributed by atoms with Gasteiger partial charge in [-0.1, -0.05) is 19.0 Å². The summed E-state index contributed by atoms with van der Waals surface area (Å²) in [7, 11) is 0. The summed E-state index contributed by atoms with van der Waals surface area (Å²) in [4.78, 5) is 3.08. The van der Waals surface area contributed by atoms with Crippen LogP contribution < -0.4 is 0 Å². The summed E-state index contributed by atoms with van der Waals surface area (Å²) in [6.45, 7) is 5.99. The molecule has 4 unspecified atom stereocenters. The smallest absolute Gasteiger partial charge is 0.0314 e. The summed E-state index contributed by atoms with van der Waals surface area (Å²) >= 11 is 0. The summed E-state index contributed by atoms with van der Waals surface area (Å²) in [5, 5.41) is 4.03. The Bertz CT molecular complexity index is 508. The molecule has 3 heteroatoms. The highest BCUT2D eigenvalue weighted by Gasteiger charge is 2.74. The topological polar surface area (TPSA) is 48.8 Å². The molecule has 0 saturated heterocycles. The molecule has 108 valence electrons. The minimum atomic E-state index is 0.368. The lowest BCUT2D eigenvalue weighted by atomic mass is 9.25. The zero-order chi connectivity index (χ0) is 13.8. The van der Waals surface area contributed by atoms with Crippen molar-refractivity contribution in [3.8, 4) is 0 Å². The minimum Gasteiger partial charge on any atom is -0.0934 e. The molecule has 3 nitrogen and oxygen atoms in total. The van der Waals surface area contributed by atoms with E-state index in [-0.39, 0.29) is 0 Å². The van der Waals surface area contributed by atoms with Crippen molar-refractivity contribution in [2.45, 2.75) is 52.4 Å². The average molecular weight is 271 g/mol. The predicted octanol–water partition coefficient (Wildman–Crippen LogP) is 4.79. The zero-order valence-corrected chi connectivity index (χ0v) is 12.7. The molecule has 7 aliphatic rings. The van der Waals surface area contributed by atoms with Crippen LogP contribution in [0.5, 0.6) is 0 Å². The number of hydrogen-bond donors (Lipinski definition) is 0. The molecule has 0 spiro atoms. The molecule has 8 bridgehead atoms. The van der Waals surface area contributed by atoms with Gasteiger partial charge in [0.15, 0.2) is 0 Å². The van der Waals surface area contributed by atoms with Gasteiger partial charge < -0.3 is 0 Å². The van der Waals surface area contributed by atoms with Crippen molar-refractivity contribution in [1.29, 1.82) is 0 Å². The first kappa shape index (κ1) is 11.9. The van der Waals surface area contributed by atoms with E-state index in [0.717, 1.165) is 36.1 Å². The van der Waals surface area contributed by atoms with E-state index in [1.165, 1.54) is 38.5 Å². The first-order chi connectivity index (χ1) is 9.51. The fourth-order valence-electron chi connectivity index (χ4n) is 8.51. The third-order valence-corrected chi connectivity index (χ3v) is 8.79. The number of nitrogens with zero attached hydrogens (tertiary/aromatic N) is 3. The van der Waals surface area contributed by atoms with Crippen LogP contribution in [0.4, 0.5) is 0 Å². The lowest BCUT2D eigenvalue weighted by Gasteiger charge is -2.80. The number of rotatable bonds is 2. The summed E-state index contributed by atoms with van der Waals surface area (Å²) < 4.78 is 0. The van der Waals surface area contributed by atoms with Crippen LogP contribution >= 0.6 is 0 Å². The molecule has 20 heavy (non-hydrogen) atoms. The SMILES string of the molecule is CC12CC3CC4C1CC1(CN=[N+]=[N-])CC2C(C3)C4(C)C1. The lowest BCUT2D eigenvalue weighted by Crippen LogP contribution is -2.73. The molecule has 0 aromatic heterocycles. The van der Waals surface area contributed by atoms with Crippen molar-refractivity contribution < 1.29 is 0 Å². The van der Waals surface area contributed by atoms with Gasteiger partial charge in [0, 0.05) is 11.5 Å². The van der Waals surface area contributed by atoms with Crippen LogP contribution in [0, 0.1) is 45.8 Å². The van der Waals surface area contributed by atoms with Crippen LogP contribution in [0.3, 0.4) is 0 Å². The monoisotopic (exact) mass is 271 g/mol. The molecule has 7 saturated carbocycles. The molecule has 0 N–H and O–H groups in total. The van der Waals surface area contributed by atoms with Crippen LogP contribution in [0.2, 0.25) is 0 Å². The molecule has 7 rings (SSSR count). The standard InChI is InChI=1S/C17H25N3/c1-15-5-10-3-11-13(15)6-17(9-19-20-18)7-14(15)12(4-10)16(11,2)8-17/h10-14H,3-9H2,1-2H3. The van der Waals surface area contributed by atoms with E-state index in [4.69, 9.17) is 5.53 Å². The van der Waals surface area contributed by atoms with Crippen LogP contribution in [0.15, 0.2) is 5.11 Å². The van der Waals surface area contributed by atoms with Gasteiger partial charge in [0.1, 0.15) is 0 Å². The van der Waals surface area contributed by atoms with Gasteiger partial charge in [0.2, 0.25) is 0 Å². The second kappa shape index (κ2) is 3.21. The van der Waals surface area contributed by atoms with Crippen molar-refractivity contribution in [2.24, 2.45) is 50.9 Å². The Balaban J connectivity index is 1.64. The average Bonchev–Trinajstić information content (AvgIpc) is 2.42. The maximum absolute atomic E-state index is 8.76. The van der Waals surface area contributed by atoms with E-state index in [0.29, 0.717) is 16.2 Å². The Kier molecular flexibility index (Phi) is 1.92. The molecular formula is C17H25N3. The van der Waals surface area contributed by atoms with Crippen LogP contribution in [-0.4, -0.2) is 6.54 Å². The van der Waals surface area contributed by atoms with Gasteiger partial charge in [-0.15, -0.1) is 0 Å². The fraction of sp³-hybridized carbons (Fsp3) is 1.00. The van der Waals surface area contributed by atoms with E-state index >= 15 is 0 Å². The van der Waals surface area contributed by atoms with Gasteiger partial charge in [0.25, 0.3) is 0 Å². The van der Waals surface area contributed by atoms with Crippen LogP contribution in [0.1, 0.15) is 52.4 Å². The Morgan fingerprint density at radius 3 is 2.25 bits per heavy atom. The first-order valence-corrected chi connectivity index (χ1v) is 8.52. The largest absolute Gasteiger partial charge is 0.0934 e. The number of hydrogen-bond acceptors (Lipinski definition) is 1. The van der Waals surface area contributed by atoms with E-state index in [1.54, 1.807) is 0 Å². The zero-order valence-electron chi connectivity index (χ0n) is 12.7. The van der Waals surface area contributed by atoms with E-state index in [9.17, 15) is 0 Å². The Morgan fingerprint density at radius 2 is 1.65 bits per heavy atom. The van der Waals surface area contributed by atoms with Crippen molar-refractivity contribution in [3.63, 3.8) is 0 Å². The van der Waals surface area contributed by atoms with Gasteiger partial charge in [-0.05, 0) is 89.9 Å². The molecule has 0 radical (unpaired) electrons. The van der Waals surface area contributed by atoms with E-state index < -0.39 is 0 Å². The van der Waals surface area contributed by atoms with Crippen molar-refractivity contribution in [1.82, 2.24) is 0 Å². The van der Waals surface area contributed by atoms with Gasteiger partial charge in [-0.3, -0.25) is 0 Å². The molecule has 0 aromatic rings. The second-order valence-electron chi connectivity index (χ2n) is 9.45. The number of azide groups is 1. The van der Waals surface area contributed by atoms with Crippen LogP contribution in [-0.2, 0) is 0 Å². The molecule has 7 fully saturated rings. The van der Waals surface area contributed by atoms with Gasteiger partial charge in [-0.2, -0.15) is 0 Å². The summed E-state index contributed by atoms with van der Waals surface area (Å²) in [5.41, 5.74) is 10.3. The Labute approximate surface area is 121 Å². The highest BCUT2D eigenvalue weighted by Crippen LogP contribution is 2.82. The minimum absolute atomic E-state index is 0.368. The summed E-state index contributed by atoms with van der Waals surface area (Å²) in [5.74, 6) is 4.88. The maximum Gasteiger partial charge on any atom is 0.0314 e. The summed E-state index contributed by atoms with van der Waals surface area (Å²) in [6.07, 6.45) is 8.60. The summed E-state index contributed by atoms with van der Waals surface area (Å²) in [6, 6.07) is 0. The Morgan fingerprint density at radius 1 is 1.00 bits per heavy atom. The van der Waals surface area contributed by atoms with Crippen LogP contribution in [0.25, 0.3) is 10.4 Å². The van der Waals surface area contributed by atoms with Gasteiger partial charge >= 0.3 is 0 Å². The first-order valence-electron chi connectivity index (χ1n) is 8.52. The van der Waals surface area contributed by atoms with E-state index in [1.807, 2.05) is 0 Å². The molecular weight excluding hydrogens is 246 g/mol. The second-order valence-corrected chi connectivity index (χ2v) is 9.45. The highest BCUT2D eigenvalue weighted by molar-refractivity contribution is 5.23. The highest BCUT2D eigenvalue weighted by atomic mass is 15.1. The van der Waals surface area contributed by atoms with Crippen molar-refractivity contribution in [3.05, 3.63) is 10.4 Å². The van der Waals surface area contributed by atoms with E-state index in [2.05, 4.69) is 23.9 Å². The normalized spacial score (nSPS) is 64.6. The Hall–Kier alpha value is -0.690. The molecule has 0 aliphatic heterocycles. The van der Waals surface area contributed by atoms with Crippen molar-refractivity contribution >= 4 is 0 Å². The fourth-order valence-corrected chi connectivity index (χ4v) is 8.51. The third-order valence-electron chi connectivity index (χ3n) is 8.79. The van der Waals surface area contributed by atoms with Crippen molar-refractivity contribution in [2.75, 3.05) is 6.54 Å². The quantitative estimate of drug-likeness (QED) is 0.394. The predicted molar refractivity (Wildman–Crippen MR) is 77.8 cm³/mol. The molecule has 7 aliphatic carbocycles. The molecule has 0 amide bonds. The lowest BCUT2D eigenvalue weighted by molar-refractivity contribution is -0.307. The molecule has 4 atom stereocenters.